The van der Waals surface area contributed by atoms with Crippen molar-refractivity contribution < 1.29 is 4.42 Å². The number of pyridine rings is 1. The molecule has 0 spiro atoms. The second kappa shape index (κ2) is 6.42. The standard InChI is InChI=1S/C27H25NOS/c1-27(2,3)16-13-14-28-22(15-16)21-9-6-8-18-19-11-12-20-17-7-4-5-10-23(17)30-26(20)25(19)29-24(18)21/h6,8-9,11-15H,4-5,7,10H2,1-3H3. The number of aromatic nitrogens is 1. The third-order valence-corrected chi connectivity index (χ3v) is 7.80. The van der Waals surface area contributed by atoms with Crippen LogP contribution < -0.4 is 0 Å². The fourth-order valence-electron chi connectivity index (χ4n) is 4.82. The molecule has 0 N–H and O–H groups in total. The molecule has 1 aliphatic rings. The Bertz CT molecular complexity index is 1430. The first-order valence-corrected chi connectivity index (χ1v) is 11.7. The van der Waals surface area contributed by atoms with E-state index in [0.717, 1.165) is 22.4 Å². The van der Waals surface area contributed by atoms with E-state index in [2.05, 4.69) is 63.2 Å². The van der Waals surface area contributed by atoms with Gasteiger partial charge in [0.25, 0.3) is 0 Å². The van der Waals surface area contributed by atoms with E-state index in [1.165, 1.54) is 52.1 Å². The van der Waals surface area contributed by atoms with Gasteiger partial charge < -0.3 is 4.42 Å². The summed E-state index contributed by atoms with van der Waals surface area (Å²) in [6.45, 7) is 6.72. The summed E-state index contributed by atoms with van der Waals surface area (Å²) < 4.78 is 7.94. The highest BCUT2D eigenvalue weighted by molar-refractivity contribution is 7.20. The molecule has 0 radical (unpaired) electrons. The van der Waals surface area contributed by atoms with Gasteiger partial charge in [0, 0.05) is 27.4 Å². The van der Waals surface area contributed by atoms with E-state index < -0.39 is 0 Å². The summed E-state index contributed by atoms with van der Waals surface area (Å²) in [6, 6.07) is 15.3. The summed E-state index contributed by atoms with van der Waals surface area (Å²) in [7, 11) is 0. The SMILES string of the molecule is CC(C)(C)c1ccnc(-c2cccc3c2oc2c3ccc3c4c(sc32)CCCC4)c1. The van der Waals surface area contributed by atoms with E-state index in [0.29, 0.717) is 0 Å². The molecule has 0 bridgehead atoms. The van der Waals surface area contributed by atoms with Gasteiger partial charge in [-0.05, 0) is 71.9 Å². The molecule has 0 saturated carbocycles. The molecule has 0 aliphatic heterocycles. The van der Waals surface area contributed by atoms with Crippen molar-refractivity contribution in [2.75, 3.05) is 0 Å². The van der Waals surface area contributed by atoms with Gasteiger partial charge in [0.1, 0.15) is 5.58 Å². The lowest BCUT2D eigenvalue weighted by Gasteiger charge is -2.19. The van der Waals surface area contributed by atoms with Crippen LogP contribution in [0.25, 0.3) is 43.3 Å². The van der Waals surface area contributed by atoms with E-state index in [9.17, 15) is 0 Å². The Kier molecular flexibility index (Phi) is 3.88. The van der Waals surface area contributed by atoms with Crippen LogP contribution in [0.4, 0.5) is 0 Å². The molecule has 0 atom stereocenters. The van der Waals surface area contributed by atoms with E-state index in [1.807, 2.05) is 17.5 Å². The van der Waals surface area contributed by atoms with Crippen molar-refractivity contribution in [3.63, 3.8) is 0 Å². The van der Waals surface area contributed by atoms with Crippen LogP contribution >= 0.6 is 11.3 Å². The van der Waals surface area contributed by atoms with Crippen LogP contribution in [-0.2, 0) is 18.3 Å². The van der Waals surface area contributed by atoms with Gasteiger partial charge >= 0.3 is 0 Å². The molecule has 0 unspecified atom stereocenters. The predicted octanol–water partition coefficient (Wildman–Crippen LogP) is 8.04. The van der Waals surface area contributed by atoms with Crippen molar-refractivity contribution in [1.82, 2.24) is 4.98 Å². The molecule has 0 fully saturated rings. The zero-order valence-electron chi connectivity index (χ0n) is 17.7. The number of fused-ring (bicyclic) bond motifs is 7. The number of furan rings is 1. The van der Waals surface area contributed by atoms with E-state index in [-0.39, 0.29) is 5.41 Å². The summed E-state index contributed by atoms with van der Waals surface area (Å²) in [6.07, 6.45) is 6.95. The second-order valence-corrected chi connectivity index (χ2v) is 10.6. The lowest BCUT2D eigenvalue weighted by atomic mass is 9.87. The van der Waals surface area contributed by atoms with Crippen LogP contribution in [0.3, 0.4) is 0 Å². The zero-order chi connectivity index (χ0) is 20.5. The number of benzene rings is 2. The fourth-order valence-corrected chi connectivity index (χ4v) is 6.19. The molecular formula is C27H25NOS. The smallest absolute Gasteiger partial charge is 0.153 e. The number of para-hydroxylation sites is 1. The Hall–Kier alpha value is -2.65. The van der Waals surface area contributed by atoms with Gasteiger partial charge in [-0.2, -0.15) is 0 Å². The first-order valence-electron chi connectivity index (χ1n) is 10.9. The molecule has 1 aliphatic carbocycles. The van der Waals surface area contributed by atoms with Crippen LogP contribution in [0.2, 0.25) is 0 Å². The van der Waals surface area contributed by atoms with E-state index >= 15 is 0 Å². The average molecular weight is 412 g/mol. The molecule has 0 amide bonds. The second-order valence-electron chi connectivity index (χ2n) is 9.49. The third kappa shape index (κ3) is 2.65. The van der Waals surface area contributed by atoms with Crippen LogP contribution in [0.5, 0.6) is 0 Å². The van der Waals surface area contributed by atoms with Crippen LogP contribution in [0, 0.1) is 0 Å². The molecule has 3 heterocycles. The van der Waals surface area contributed by atoms with Crippen molar-refractivity contribution in [1.29, 1.82) is 0 Å². The first kappa shape index (κ1) is 18.1. The molecule has 3 aromatic heterocycles. The van der Waals surface area contributed by atoms with Crippen molar-refractivity contribution in [2.45, 2.75) is 51.9 Å². The number of aryl methyl sites for hydroxylation is 2. The monoisotopic (exact) mass is 411 g/mol. The minimum Gasteiger partial charge on any atom is -0.454 e. The van der Waals surface area contributed by atoms with Crippen LogP contribution in [-0.4, -0.2) is 4.98 Å². The van der Waals surface area contributed by atoms with E-state index in [1.54, 1.807) is 10.4 Å². The lowest BCUT2D eigenvalue weighted by Crippen LogP contribution is -2.11. The number of hydrogen-bond acceptors (Lipinski definition) is 3. The molecule has 5 aromatic rings. The Labute approximate surface area is 180 Å². The normalized spacial score (nSPS) is 14.6. The minimum absolute atomic E-state index is 0.0850. The molecule has 3 heteroatoms. The summed E-state index contributed by atoms with van der Waals surface area (Å²) in [5, 5.41) is 3.79. The van der Waals surface area contributed by atoms with Crippen molar-refractivity contribution in [2.24, 2.45) is 0 Å². The van der Waals surface area contributed by atoms with Gasteiger partial charge in [0.15, 0.2) is 5.58 Å². The van der Waals surface area contributed by atoms with Gasteiger partial charge in [-0.15, -0.1) is 11.3 Å². The van der Waals surface area contributed by atoms with Crippen molar-refractivity contribution in [3.8, 4) is 11.3 Å². The Morgan fingerprint density at radius 2 is 1.70 bits per heavy atom. The maximum Gasteiger partial charge on any atom is 0.153 e. The van der Waals surface area contributed by atoms with Crippen LogP contribution in [0.15, 0.2) is 53.1 Å². The minimum atomic E-state index is 0.0850. The molecular weight excluding hydrogens is 386 g/mol. The quantitative estimate of drug-likeness (QED) is 0.279. The Morgan fingerprint density at radius 3 is 2.57 bits per heavy atom. The molecule has 0 saturated heterocycles. The Balaban J connectivity index is 1.63. The third-order valence-electron chi connectivity index (χ3n) is 6.49. The highest BCUT2D eigenvalue weighted by Gasteiger charge is 2.21. The molecule has 6 rings (SSSR count). The first-order chi connectivity index (χ1) is 14.5. The van der Waals surface area contributed by atoms with Gasteiger partial charge in [-0.3, -0.25) is 4.98 Å². The van der Waals surface area contributed by atoms with Crippen LogP contribution in [0.1, 0.15) is 49.6 Å². The zero-order valence-corrected chi connectivity index (χ0v) is 18.5. The number of rotatable bonds is 1. The molecule has 2 aromatic carbocycles. The topological polar surface area (TPSA) is 26.0 Å². The van der Waals surface area contributed by atoms with Gasteiger partial charge in [-0.1, -0.05) is 39.0 Å². The van der Waals surface area contributed by atoms with E-state index in [4.69, 9.17) is 9.40 Å². The van der Waals surface area contributed by atoms with Gasteiger partial charge in [0.2, 0.25) is 0 Å². The largest absolute Gasteiger partial charge is 0.454 e. The molecule has 2 nitrogen and oxygen atoms in total. The number of thiophene rings is 1. The lowest BCUT2D eigenvalue weighted by molar-refractivity contribution is 0.589. The maximum absolute atomic E-state index is 6.62. The Morgan fingerprint density at radius 1 is 0.900 bits per heavy atom. The summed E-state index contributed by atoms with van der Waals surface area (Å²) in [5.74, 6) is 0. The van der Waals surface area contributed by atoms with Crippen molar-refractivity contribution >= 4 is 43.4 Å². The number of hydrogen-bond donors (Lipinski definition) is 0. The highest BCUT2D eigenvalue weighted by atomic mass is 32.1. The highest BCUT2D eigenvalue weighted by Crippen LogP contribution is 2.44. The fraction of sp³-hybridized carbons (Fsp3) is 0.296. The number of nitrogens with zero attached hydrogens (tertiary/aromatic N) is 1. The predicted molar refractivity (Wildman–Crippen MR) is 128 cm³/mol. The summed E-state index contributed by atoms with van der Waals surface area (Å²) >= 11 is 1.94. The van der Waals surface area contributed by atoms with Gasteiger partial charge in [0.05, 0.1) is 10.4 Å². The summed E-state index contributed by atoms with van der Waals surface area (Å²) in [4.78, 5) is 6.26. The molecule has 30 heavy (non-hydrogen) atoms. The summed E-state index contributed by atoms with van der Waals surface area (Å²) in [5.41, 5.74) is 6.98. The van der Waals surface area contributed by atoms with Gasteiger partial charge in [-0.25, -0.2) is 0 Å². The molecule has 150 valence electrons. The maximum atomic E-state index is 6.62. The van der Waals surface area contributed by atoms with Crippen molar-refractivity contribution in [3.05, 3.63) is 64.7 Å². The average Bonchev–Trinajstić information content (AvgIpc) is 3.31.